The first kappa shape index (κ1) is 23.4. The van der Waals surface area contributed by atoms with Crippen LogP contribution in [-0.4, -0.2) is 47.6 Å². The molecule has 1 aromatic carbocycles. The van der Waals surface area contributed by atoms with Crippen LogP contribution < -0.4 is 11.1 Å². The SMILES string of the molecule is CC(C)S(=O)(=O)c1ccc(-c2cnc3[nH]cc(C(=O)NCC4CCC(CN)CC4)c3n2)cc1. The van der Waals surface area contributed by atoms with Gasteiger partial charge in [-0.25, -0.2) is 18.4 Å². The highest BCUT2D eigenvalue weighted by Crippen LogP contribution is 2.28. The van der Waals surface area contributed by atoms with E-state index in [1.165, 1.54) is 0 Å². The second-order valence-electron chi connectivity index (χ2n) is 9.11. The van der Waals surface area contributed by atoms with Gasteiger partial charge in [-0.1, -0.05) is 12.1 Å². The Kier molecular flexibility index (Phi) is 6.81. The molecule has 2 aromatic heterocycles. The number of benzene rings is 1. The van der Waals surface area contributed by atoms with E-state index in [9.17, 15) is 13.2 Å². The van der Waals surface area contributed by atoms with E-state index in [4.69, 9.17) is 5.73 Å². The van der Waals surface area contributed by atoms with Crippen LogP contribution in [0.2, 0.25) is 0 Å². The lowest BCUT2D eigenvalue weighted by Gasteiger charge is -2.27. The molecule has 1 saturated carbocycles. The molecule has 9 heteroatoms. The summed E-state index contributed by atoms with van der Waals surface area (Å²) in [7, 11) is -3.34. The Morgan fingerprint density at radius 1 is 1.15 bits per heavy atom. The van der Waals surface area contributed by atoms with Gasteiger partial charge >= 0.3 is 0 Å². The fourth-order valence-corrected chi connectivity index (χ4v) is 5.35. The molecule has 1 fully saturated rings. The largest absolute Gasteiger partial charge is 0.352 e. The number of hydrogen-bond acceptors (Lipinski definition) is 6. The molecule has 3 aromatic rings. The number of hydrogen-bond donors (Lipinski definition) is 3. The van der Waals surface area contributed by atoms with Crippen molar-refractivity contribution in [2.45, 2.75) is 49.7 Å². The van der Waals surface area contributed by atoms with Crippen molar-refractivity contribution in [2.24, 2.45) is 17.6 Å². The summed E-state index contributed by atoms with van der Waals surface area (Å²) in [5, 5.41) is 2.56. The number of amides is 1. The smallest absolute Gasteiger partial charge is 0.255 e. The summed E-state index contributed by atoms with van der Waals surface area (Å²) in [6.07, 6.45) is 7.66. The van der Waals surface area contributed by atoms with Gasteiger partial charge in [0, 0.05) is 18.3 Å². The third-order valence-electron chi connectivity index (χ3n) is 6.58. The standard InChI is InChI=1S/C24H31N5O3S/c1-15(2)33(31,32)19-9-7-18(8-10-19)21-14-27-23-22(29-21)20(13-26-23)24(30)28-12-17-5-3-16(11-25)4-6-17/h7-10,13-17H,3-6,11-12,25H2,1-2H3,(H,26,27)(H,28,30). The van der Waals surface area contributed by atoms with Gasteiger partial charge in [-0.3, -0.25) is 4.79 Å². The van der Waals surface area contributed by atoms with Gasteiger partial charge in [-0.15, -0.1) is 0 Å². The molecule has 0 bridgehead atoms. The molecule has 33 heavy (non-hydrogen) atoms. The van der Waals surface area contributed by atoms with Crippen LogP contribution in [0.15, 0.2) is 41.6 Å². The topological polar surface area (TPSA) is 131 Å². The van der Waals surface area contributed by atoms with Crippen LogP contribution >= 0.6 is 0 Å². The molecular weight excluding hydrogens is 438 g/mol. The molecule has 4 N–H and O–H groups in total. The highest BCUT2D eigenvalue weighted by Gasteiger charge is 2.22. The number of nitrogens with one attached hydrogen (secondary N) is 2. The number of carbonyl (C=O) groups is 1. The molecule has 176 valence electrons. The van der Waals surface area contributed by atoms with Gasteiger partial charge in [0.2, 0.25) is 0 Å². The highest BCUT2D eigenvalue weighted by atomic mass is 32.2. The van der Waals surface area contributed by atoms with Gasteiger partial charge in [0.25, 0.3) is 5.91 Å². The number of aromatic nitrogens is 3. The predicted molar refractivity (Wildman–Crippen MR) is 128 cm³/mol. The fourth-order valence-electron chi connectivity index (χ4n) is 4.29. The summed E-state index contributed by atoms with van der Waals surface area (Å²) >= 11 is 0. The second-order valence-corrected chi connectivity index (χ2v) is 11.6. The number of H-pyrrole nitrogens is 1. The van der Waals surface area contributed by atoms with Crippen LogP contribution in [-0.2, 0) is 9.84 Å². The van der Waals surface area contributed by atoms with Gasteiger partial charge < -0.3 is 16.0 Å². The lowest BCUT2D eigenvalue weighted by Crippen LogP contribution is -2.32. The van der Waals surface area contributed by atoms with E-state index in [1.807, 2.05) is 0 Å². The number of sulfone groups is 1. The predicted octanol–water partition coefficient (Wildman–Crippen LogP) is 3.30. The van der Waals surface area contributed by atoms with Crippen molar-refractivity contribution < 1.29 is 13.2 Å². The first-order valence-corrected chi connectivity index (χ1v) is 13.0. The van der Waals surface area contributed by atoms with Crippen LogP contribution in [0.1, 0.15) is 49.9 Å². The molecule has 2 heterocycles. The van der Waals surface area contributed by atoms with Crippen molar-refractivity contribution in [3.8, 4) is 11.3 Å². The van der Waals surface area contributed by atoms with Crippen molar-refractivity contribution in [2.75, 3.05) is 13.1 Å². The maximum absolute atomic E-state index is 12.9. The molecule has 0 radical (unpaired) electrons. The normalized spacial score (nSPS) is 19.2. The van der Waals surface area contributed by atoms with Crippen LogP contribution in [0, 0.1) is 11.8 Å². The van der Waals surface area contributed by atoms with E-state index in [0.717, 1.165) is 37.8 Å². The Morgan fingerprint density at radius 2 is 1.82 bits per heavy atom. The minimum absolute atomic E-state index is 0.174. The molecule has 0 spiro atoms. The van der Waals surface area contributed by atoms with Crippen LogP contribution in [0.4, 0.5) is 0 Å². The van der Waals surface area contributed by atoms with Crippen molar-refractivity contribution in [1.82, 2.24) is 20.3 Å². The molecule has 0 unspecified atom stereocenters. The minimum atomic E-state index is -3.34. The molecule has 4 rings (SSSR count). The summed E-state index contributed by atoms with van der Waals surface area (Å²) in [5.74, 6) is 0.912. The Balaban J connectivity index is 1.50. The second kappa shape index (κ2) is 9.61. The number of nitrogens with zero attached hydrogens (tertiary/aromatic N) is 2. The summed E-state index contributed by atoms with van der Waals surface area (Å²) in [4.78, 5) is 25.2. The Hall–Kier alpha value is -2.78. The molecule has 0 saturated heterocycles. The molecule has 1 amide bonds. The van der Waals surface area contributed by atoms with Gasteiger partial charge in [0.05, 0.1) is 27.6 Å². The van der Waals surface area contributed by atoms with Gasteiger partial charge in [0.15, 0.2) is 15.5 Å². The fraction of sp³-hybridized carbons (Fsp3) is 0.458. The molecule has 0 atom stereocenters. The summed E-state index contributed by atoms with van der Waals surface area (Å²) in [6, 6.07) is 6.60. The van der Waals surface area contributed by atoms with Crippen LogP contribution in [0.3, 0.4) is 0 Å². The zero-order chi connectivity index (χ0) is 23.6. The molecule has 1 aliphatic carbocycles. The van der Waals surface area contributed by atoms with E-state index in [2.05, 4.69) is 20.3 Å². The van der Waals surface area contributed by atoms with Crippen LogP contribution in [0.5, 0.6) is 0 Å². The van der Waals surface area contributed by atoms with E-state index in [0.29, 0.717) is 40.8 Å². The van der Waals surface area contributed by atoms with Crippen molar-refractivity contribution >= 4 is 26.9 Å². The van der Waals surface area contributed by atoms with Gasteiger partial charge in [-0.05, 0) is 70.0 Å². The van der Waals surface area contributed by atoms with Crippen LogP contribution in [0.25, 0.3) is 22.4 Å². The minimum Gasteiger partial charge on any atom is -0.352 e. The Bertz CT molecular complexity index is 1230. The van der Waals surface area contributed by atoms with E-state index in [1.54, 1.807) is 50.5 Å². The maximum Gasteiger partial charge on any atom is 0.255 e. The molecule has 8 nitrogen and oxygen atoms in total. The lowest BCUT2D eigenvalue weighted by atomic mass is 9.82. The maximum atomic E-state index is 12.9. The third-order valence-corrected chi connectivity index (χ3v) is 8.75. The van der Waals surface area contributed by atoms with E-state index in [-0.39, 0.29) is 10.8 Å². The van der Waals surface area contributed by atoms with Crippen molar-refractivity contribution in [3.05, 3.63) is 42.2 Å². The lowest BCUT2D eigenvalue weighted by molar-refractivity contribution is 0.0943. The number of aromatic amines is 1. The van der Waals surface area contributed by atoms with Gasteiger partial charge in [-0.2, -0.15) is 0 Å². The number of fused-ring (bicyclic) bond motifs is 1. The molecule has 1 aliphatic rings. The monoisotopic (exact) mass is 469 g/mol. The number of carbonyl (C=O) groups excluding carboxylic acids is 1. The first-order valence-electron chi connectivity index (χ1n) is 11.5. The highest BCUT2D eigenvalue weighted by molar-refractivity contribution is 7.92. The quantitative estimate of drug-likeness (QED) is 0.487. The van der Waals surface area contributed by atoms with Crippen molar-refractivity contribution in [1.29, 1.82) is 0 Å². The van der Waals surface area contributed by atoms with Gasteiger partial charge in [0.1, 0.15) is 5.52 Å². The summed E-state index contributed by atoms with van der Waals surface area (Å²) in [5.41, 5.74) is 8.56. The zero-order valence-corrected chi connectivity index (χ0v) is 19.9. The number of rotatable bonds is 7. The summed E-state index contributed by atoms with van der Waals surface area (Å²) < 4.78 is 24.7. The molecular formula is C24H31N5O3S. The van der Waals surface area contributed by atoms with E-state index >= 15 is 0 Å². The average molecular weight is 470 g/mol. The summed E-state index contributed by atoms with van der Waals surface area (Å²) in [6.45, 7) is 4.70. The zero-order valence-electron chi connectivity index (χ0n) is 19.0. The van der Waals surface area contributed by atoms with E-state index < -0.39 is 15.1 Å². The average Bonchev–Trinajstić information content (AvgIpc) is 3.26. The third kappa shape index (κ3) is 4.94. The Morgan fingerprint density at radius 3 is 2.45 bits per heavy atom. The Labute approximate surface area is 194 Å². The molecule has 0 aliphatic heterocycles. The number of nitrogens with two attached hydrogens (primary N) is 1. The van der Waals surface area contributed by atoms with Crippen molar-refractivity contribution in [3.63, 3.8) is 0 Å². The first-order chi connectivity index (χ1) is 15.8.